The molecule has 0 unspecified atom stereocenters. The van der Waals surface area contributed by atoms with Crippen molar-refractivity contribution < 1.29 is 0 Å². The molecule has 1 N–H and O–H groups in total. The summed E-state index contributed by atoms with van der Waals surface area (Å²) in [5, 5.41) is 3.57. The average Bonchev–Trinajstić information content (AvgIpc) is 3.09. The summed E-state index contributed by atoms with van der Waals surface area (Å²) in [6.07, 6.45) is 4.69. The van der Waals surface area contributed by atoms with Crippen LogP contribution in [0.1, 0.15) is 32.4 Å². The number of halogens is 1. The van der Waals surface area contributed by atoms with Crippen molar-refractivity contribution in [2.24, 2.45) is 18.0 Å². The lowest BCUT2D eigenvalue weighted by Crippen LogP contribution is -2.46. The van der Waals surface area contributed by atoms with Crippen molar-refractivity contribution in [1.29, 1.82) is 0 Å². The van der Waals surface area contributed by atoms with Crippen LogP contribution in [0.25, 0.3) is 0 Å². The zero-order valence-corrected chi connectivity index (χ0v) is 18.2. The van der Waals surface area contributed by atoms with Gasteiger partial charge in [-0.15, -0.1) is 24.0 Å². The maximum atomic E-state index is 4.45. The number of hydrogen-bond acceptors (Lipinski definition) is 2. The molecule has 1 fully saturated rings. The van der Waals surface area contributed by atoms with Gasteiger partial charge in [0.15, 0.2) is 5.96 Å². The molecule has 1 saturated heterocycles. The SMILES string of the molecule is CN=C(NC[C@H]1CCCN1CC(C)C)N(C)Cc1cccn1C.I. The summed E-state index contributed by atoms with van der Waals surface area (Å²) < 4.78 is 2.16. The smallest absolute Gasteiger partial charge is 0.193 e. The average molecular weight is 447 g/mol. The Kier molecular flexibility index (Phi) is 9.12. The standard InChI is InChI=1S/C18H33N5.HI/c1-15(2)13-23-11-7-8-16(23)12-20-18(19-3)22(5)14-17-9-6-10-21(17)4;/h6,9-10,15-16H,7-8,11-14H2,1-5H3,(H,19,20);1H/t16-;/m1./s1. The lowest BCUT2D eigenvalue weighted by Gasteiger charge is -2.28. The molecule has 0 radical (unpaired) electrons. The van der Waals surface area contributed by atoms with Crippen LogP contribution in [0.3, 0.4) is 0 Å². The van der Waals surface area contributed by atoms with Gasteiger partial charge in [0.2, 0.25) is 0 Å². The molecule has 0 aliphatic carbocycles. The van der Waals surface area contributed by atoms with Crippen molar-refractivity contribution >= 4 is 29.9 Å². The van der Waals surface area contributed by atoms with Gasteiger partial charge in [-0.25, -0.2) is 0 Å². The summed E-state index contributed by atoms with van der Waals surface area (Å²) in [5.41, 5.74) is 1.29. The molecule has 138 valence electrons. The molecule has 1 atom stereocenters. The first-order chi connectivity index (χ1) is 11.0. The second-order valence-electron chi connectivity index (χ2n) is 7.08. The number of likely N-dealkylation sites (tertiary alicyclic amines) is 1. The fourth-order valence-electron chi connectivity index (χ4n) is 3.41. The van der Waals surface area contributed by atoms with E-state index in [0.717, 1.165) is 25.0 Å². The normalized spacial score (nSPS) is 18.8. The fraction of sp³-hybridized carbons (Fsp3) is 0.722. The van der Waals surface area contributed by atoms with E-state index in [9.17, 15) is 0 Å². The van der Waals surface area contributed by atoms with Gasteiger partial charge in [0.25, 0.3) is 0 Å². The highest BCUT2D eigenvalue weighted by molar-refractivity contribution is 14.0. The highest BCUT2D eigenvalue weighted by Gasteiger charge is 2.25. The van der Waals surface area contributed by atoms with Crippen molar-refractivity contribution in [2.75, 3.05) is 33.7 Å². The quantitative estimate of drug-likeness (QED) is 0.414. The zero-order valence-electron chi connectivity index (χ0n) is 15.8. The number of aryl methyl sites for hydroxylation is 1. The third-order valence-electron chi connectivity index (χ3n) is 4.62. The van der Waals surface area contributed by atoms with Crippen molar-refractivity contribution in [3.05, 3.63) is 24.0 Å². The van der Waals surface area contributed by atoms with Gasteiger partial charge in [-0.2, -0.15) is 0 Å². The van der Waals surface area contributed by atoms with Gasteiger partial charge in [0.05, 0.1) is 6.54 Å². The molecule has 1 aromatic rings. The molecular formula is C18H34IN5. The molecular weight excluding hydrogens is 413 g/mol. The summed E-state index contributed by atoms with van der Waals surface area (Å²) in [4.78, 5) is 9.27. The van der Waals surface area contributed by atoms with Crippen LogP contribution in [0.2, 0.25) is 0 Å². The molecule has 1 aliphatic rings. The van der Waals surface area contributed by atoms with E-state index in [1.54, 1.807) is 0 Å². The van der Waals surface area contributed by atoms with Gasteiger partial charge in [0, 0.05) is 52.2 Å². The number of aromatic nitrogens is 1. The molecule has 5 nitrogen and oxygen atoms in total. The minimum atomic E-state index is 0. The number of nitrogens with zero attached hydrogens (tertiary/aromatic N) is 4. The highest BCUT2D eigenvalue weighted by atomic mass is 127. The first kappa shape index (κ1) is 21.3. The summed E-state index contributed by atoms with van der Waals surface area (Å²) >= 11 is 0. The molecule has 2 heterocycles. The van der Waals surface area contributed by atoms with Gasteiger partial charge in [-0.3, -0.25) is 9.89 Å². The monoisotopic (exact) mass is 447 g/mol. The van der Waals surface area contributed by atoms with E-state index in [1.807, 2.05) is 7.05 Å². The van der Waals surface area contributed by atoms with Crippen LogP contribution < -0.4 is 5.32 Å². The van der Waals surface area contributed by atoms with E-state index < -0.39 is 0 Å². The van der Waals surface area contributed by atoms with Gasteiger partial charge in [-0.1, -0.05) is 13.8 Å². The predicted octanol–water partition coefficient (Wildman–Crippen LogP) is 2.77. The summed E-state index contributed by atoms with van der Waals surface area (Å²) in [6.45, 7) is 8.89. The number of hydrogen-bond donors (Lipinski definition) is 1. The number of nitrogens with one attached hydrogen (secondary N) is 1. The van der Waals surface area contributed by atoms with E-state index in [0.29, 0.717) is 6.04 Å². The molecule has 0 aromatic carbocycles. The van der Waals surface area contributed by atoms with Gasteiger partial charge < -0.3 is 14.8 Å². The Morgan fingerprint density at radius 2 is 2.21 bits per heavy atom. The van der Waals surface area contributed by atoms with Crippen molar-refractivity contribution in [2.45, 2.75) is 39.3 Å². The van der Waals surface area contributed by atoms with Gasteiger partial charge in [0.1, 0.15) is 0 Å². The van der Waals surface area contributed by atoms with Crippen LogP contribution in [0.4, 0.5) is 0 Å². The molecule has 0 spiro atoms. The second kappa shape index (κ2) is 10.3. The Morgan fingerprint density at radius 3 is 2.79 bits per heavy atom. The molecule has 0 amide bonds. The summed E-state index contributed by atoms with van der Waals surface area (Å²) in [6, 6.07) is 4.88. The molecule has 2 rings (SSSR count). The zero-order chi connectivity index (χ0) is 16.8. The Hall–Kier alpha value is -0.760. The lowest BCUT2D eigenvalue weighted by atomic mass is 10.1. The third-order valence-corrected chi connectivity index (χ3v) is 4.62. The van der Waals surface area contributed by atoms with Gasteiger partial charge >= 0.3 is 0 Å². The Bertz CT molecular complexity index is 511. The summed E-state index contributed by atoms with van der Waals surface area (Å²) in [7, 11) is 6.05. The van der Waals surface area contributed by atoms with Gasteiger partial charge in [-0.05, 0) is 37.4 Å². The highest BCUT2D eigenvalue weighted by Crippen LogP contribution is 2.18. The summed E-state index contributed by atoms with van der Waals surface area (Å²) in [5.74, 6) is 1.71. The van der Waals surface area contributed by atoms with E-state index in [1.165, 1.54) is 31.6 Å². The largest absolute Gasteiger partial charge is 0.355 e. The third kappa shape index (κ3) is 5.95. The van der Waals surface area contributed by atoms with Crippen LogP contribution in [-0.2, 0) is 13.6 Å². The van der Waals surface area contributed by atoms with E-state index in [2.05, 4.69) is 70.9 Å². The number of rotatable bonds is 6. The molecule has 0 bridgehead atoms. The Labute approximate surface area is 164 Å². The van der Waals surface area contributed by atoms with Crippen LogP contribution in [0.5, 0.6) is 0 Å². The van der Waals surface area contributed by atoms with Crippen molar-refractivity contribution in [3.63, 3.8) is 0 Å². The molecule has 24 heavy (non-hydrogen) atoms. The molecule has 1 aliphatic heterocycles. The van der Waals surface area contributed by atoms with Crippen molar-refractivity contribution in [1.82, 2.24) is 19.7 Å². The van der Waals surface area contributed by atoms with Crippen LogP contribution in [-0.4, -0.2) is 60.1 Å². The molecule has 0 saturated carbocycles. The fourth-order valence-corrected chi connectivity index (χ4v) is 3.41. The van der Waals surface area contributed by atoms with Crippen LogP contribution in [0.15, 0.2) is 23.3 Å². The topological polar surface area (TPSA) is 35.8 Å². The molecule has 1 aromatic heterocycles. The van der Waals surface area contributed by atoms with Crippen LogP contribution >= 0.6 is 24.0 Å². The maximum Gasteiger partial charge on any atom is 0.193 e. The first-order valence-corrected chi connectivity index (χ1v) is 8.77. The number of aliphatic imine (C=N–C) groups is 1. The Balaban J connectivity index is 0.00000288. The Morgan fingerprint density at radius 1 is 1.46 bits per heavy atom. The van der Waals surface area contributed by atoms with E-state index in [4.69, 9.17) is 0 Å². The first-order valence-electron chi connectivity index (χ1n) is 8.77. The maximum absolute atomic E-state index is 4.45. The van der Waals surface area contributed by atoms with Crippen molar-refractivity contribution in [3.8, 4) is 0 Å². The van der Waals surface area contributed by atoms with E-state index >= 15 is 0 Å². The lowest BCUT2D eigenvalue weighted by molar-refractivity contribution is 0.225. The molecule has 6 heteroatoms. The number of guanidine groups is 1. The predicted molar refractivity (Wildman–Crippen MR) is 113 cm³/mol. The minimum Gasteiger partial charge on any atom is -0.355 e. The van der Waals surface area contributed by atoms with Crippen LogP contribution in [0, 0.1) is 5.92 Å². The van der Waals surface area contributed by atoms with E-state index in [-0.39, 0.29) is 24.0 Å². The minimum absolute atomic E-state index is 0. The second-order valence-corrected chi connectivity index (χ2v) is 7.08.